The lowest BCUT2D eigenvalue weighted by molar-refractivity contribution is 0.0272. The molecular weight excluding hydrogens is 346 g/mol. The van der Waals surface area contributed by atoms with Gasteiger partial charge in [0.2, 0.25) is 0 Å². The molecule has 2 N–H and O–H groups in total. The van der Waals surface area contributed by atoms with Crippen LogP contribution in [0, 0.1) is 3.57 Å². The van der Waals surface area contributed by atoms with E-state index in [1.165, 1.54) is 6.20 Å². The number of nitrogens with one attached hydrogen (secondary N) is 1. The number of aromatic amines is 1. The van der Waals surface area contributed by atoms with Crippen molar-refractivity contribution in [1.29, 1.82) is 0 Å². The molecule has 1 aliphatic heterocycles. The molecular formula is C9H10FIN2O4. The van der Waals surface area contributed by atoms with Crippen molar-refractivity contribution in [2.45, 2.75) is 18.3 Å². The second-order valence-electron chi connectivity index (χ2n) is 3.92. The first-order valence-corrected chi connectivity index (χ1v) is 5.95. The molecule has 1 fully saturated rings. The van der Waals surface area contributed by atoms with Crippen molar-refractivity contribution in [3.63, 3.8) is 0 Å². The predicted molar refractivity (Wildman–Crippen MR) is 64.6 cm³/mol. The van der Waals surface area contributed by atoms with Crippen molar-refractivity contribution >= 4 is 22.6 Å². The average Bonchev–Trinajstić information content (AvgIpc) is 2.67. The molecule has 0 aliphatic carbocycles. The van der Waals surface area contributed by atoms with Crippen molar-refractivity contribution in [3.05, 3.63) is 30.6 Å². The maximum atomic E-state index is 13.7. The van der Waals surface area contributed by atoms with E-state index < -0.39 is 29.8 Å². The molecule has 2 unspecified atom stereocenters. The molecule has 2 rings (SSSR count). The molecule has 2 atom stereocenters. The summed E-state index contributed by atoms with van der Waals surface area (Å²) in [5.41, 5.74) is -2.97. The van der Waals surface area contributed by atoms with Crippen LogP contribution >= 0.6 is 22.6 Å². The SMILES string of the molecule is O=c1[nH]c(=O)n(C2CC(F)(CO)CO2)cc1I. The zero-order valence-electron chi connectivity index (χ0n) is 8.65. The summed E-state index contributed by atoms with van der Waals surface area (Å²) in [5.74, 6) is 0. The highest BCUT2D eigenvalue weighted by Gasteiger charge is 2.41. The van der Waals surface area contributed by atoms with Gasteiger partial charge in [-0.1, -0.05) is 0 Å². The van der Waals surface area contributed by atoms with E-state index in [4.69, 9.17) is 9.84 Å². The first-order chi connectivity index (χ1) is 7.95. The molecule has 1 saturated heterocycles. The number of alkyl halides is 1. The first-order valence-electron chi connectivity index (χ1n) is 4.87. The molecule has 1 aliphatic rings. The van der Waals surface area contributed by atoms with Gasteiger partial charge in [0.15, 0.2) is 5.67 Å². The number of hydrogen-bond acceptors (Lipinski definition) is 4. The van der Waals surface area contributed by atoms with Crippen LogP contribution < -0.4 is 11.2 Å². The Kier molecular flexibility index (Phi) is 3.36. The van der Waals surface area contributed by atoms with E-state index in [0.29, 0.717) is 3.57 Å². The molecule has 0 radical (unpaired) electrons. The van der Waals surface area contributed by atoms with E-state index in [0.717, 1.165) is 4.57 Å². The van der Waals surface area contributed by atoms with Gasteiger partial charge in [-0.25, -0.2) is 9.18 Å². The van der Waals surface area contributed by atoms with Crippen LogP contribution in [0.2, 0.25) is 0 Å². The van der Waals surface area contributed by atoms with Crippen LogP contribution in [-0.4, -0.2) is 33.5 Å². The van der Waals surface area contributed by atoms with Crippen molar-refractivity contribution in [3.8, 4) is 0 Å². The molecule has 17 heavy (non-hydrogen) atoms. The highest BCUT2D eigenvalue weighted by Crippen LogP contribution is 2.33. The minimum Gasteiger partial charge on any atom is -0.393 e. The van der Waals surface area contributed by atoms with Gasteiger partial charge < -0.3 is 9.84 Å². The molecule has 0 aromatic carbocycles. The van der Waals surface area contributed by atoms with Crippen LogP contribution in [-0.2, 0) is 4.74 Å². The number of nitrogens with zero attached hydrogens (tertiary/aromatic N) is 1. The Morgan fingerprint density at radius 1 is 1.71 bits per heavy atom. The van der Waals surface area contributed by atoms with Gasteiger partial charge in [-0.2, -0.15) is 0 Å². The predicted octanol–water partition coefficient (Wildman–Crippen LogP) is -0.239. The number of aromatic nitrogens is 2. The Morgan fingerprint density at radius 2 is 2.41 bits per heavy atom. The Labute approximate surface area is 109 Å². The second-order valence-corrected chi connectivity index (χ2v) is 5.08. The summed E-state index contributed by atoms with van der Waals surface area (Å²) in [7, 11) is 0. The minimum atomic E-state index is -1.83. The Hall–Kier alpha value is -0.740. The summed E-state index contributed by atoms with van der Waals surface area (Å²) in [6.45, 7) is -0.922. The first kappa shape index (κ1) is 12.7. The van der Waals surface area contributed by atoms with Crippen LogP contribution in [0.15, 0.2) is 15.8 Å². The summed E-state index contributed by atoms with van der Waals surface area (Å²) < 4.78 is 20.3. The van der Waals surface area contributed by atoms with Crippen LogP contribution in [0.1, 0.15) is 12.6 Å². The average molecular weight is 356 g/mol. The molecule has 2 heterocycles. The van der Waals surface area contributed by atoms with Gasteiger partial charge in [0.1, 0.15) is 6.23 Å². The molecule has 1 aromatic heterocycles. The molecule has 0 saturated carbocycles. The molecule has 0 bridgehead atoms. The highest BCUT2D eigenvalue weighted by molar-refractivity contribution is 14.1. The normalized spacial score (nSPS) is 28.5. The van der Waals surface area contributed by atoms with Gasteiger partial charge in [0.05, 0.1) is 16.8 Å². The fraction of sp³-hybridized carbons (Fsp3) is 0.556. The van der Waals surface area contributed by atoms with Crippen molar-refractivity contribution in [1.82, 2.24) is 9.55 Å². The highest BCUT2D eigenvalue weighted by atomic mass is 127. The Morgan fingerprint density at radius 3 is 3.00 bits per heavy atom. The molecule has 8 heteroatoms. The third-order valence-corrected chi connectivity index (χ3v) is 3.36. The Balaban J connectivity index is 2.34. The monoisotopic (exact) mass is 356 g/mol. The third kappa shape index (κ3) is 2.43. The van der Waals surface area contributed by atoms with E-state index in [9.17, 15) is 14.0 Å². The summed E-state index contributed by atoms with van der Waals surface area (Å²) >= 11 is 1.77. The molecule has 0 amide bonds. The van der Waals surface area contributed by atoms with Gasteiger partial charge >= 0.3 is 5.69 Å². The van der Waals surface area contributed by atoms with Gasteiger partial charge in [-0.15, -0.1) is 0 Å². The van der Waals surface area contributed by atoms with Crippen LogP contribution in [0.5, 0.6) is 0 Å². The van der Waals surface area contributed by atoms with Gasteiger partial charge in [0, 0.05) is 12.6 Å². The van der Waals surface area contributed by atoms with Crippen LogP contribution in [0.25, 0.3) is 0 Å². The second kappa shape index (κ2) is 4.50. The summed E-state index contributed by atoms with van der Waals surface area (Å²) in [6.07, 6.45) is 0.395. The Bertz CT molecular complexity index is 543. The van der Waals surface area contributed by atoms with E-state index in [1.807, 2.05) is 0 Å². The molecule has 0 spiro atoms. The number of rotatable bonds is 2. The largest absolute Gasteiger partial charge is 0.393 e. The number of aliphatic hydroxyl groups is 1. The van der Waals surface area contributed by atoms with Crippen molar-refractivity contribution in [2.75, 3.05) is 13.2 Å². The van der Waals surface area contributed by atoms with E-state index >= 15 is 0 Å². The topological polar surface area (TPSA) is 84.3 Å². The van der Waals surface area contributed by atoms with Gasteiger partial charge in [-0.05, 0) is 22.6 Å². The number of hydrogen-bond donors (Lipinski definition) is 2. The van der Waals surface area contributed by atoms with E-state index in [-0.39, 0.29) is 13.0 Å². The van der Waals surface area contributed by atoms with Gasteiger partial charge in [-0.3, -0.25) is 14.3 Å². The molecule has 1 aromatic rings. The minimum absolute atomic E-state index is 0.120. The van der Waals surface area contributed by atoms with Crippen molar-refractivity contribution in [2.24, 2.45) is 0 Å². The standard InChI is InChI=1S/C9H10FIN2O4/c10-9(3-14)1-6(17-4-9)13-2-5(11)7(15)12-8(13)16/h2,6,14H,1,3-4H2,(H,12,15,16). The molecule has 6 nitrogen and oxygen atoms in total. The molecule has 94 valence electrons. The number of halogens is 2. The summed E-state index contributed by atoms with van der Waals surface area (Å²) in [6, 6.07) is 0. The maximum Gasteiger partial charge on any atom is 0.330 e. The number of H-pyrrole nitrogens is 1. The quantitative estimate of drug-likeness (QED) is 0.717. The summed E-state index contributed by atoms with van der Waals surface area (Å²) in [4.78, 5) is 24.8. The summed E-state index contributed by atoms with van der Waals surface area (Å²) in [5, 5.41) is 8.86. The lowest BCUT2D eigenvalue weighted by Gasteiger charge is -2.14. The zero-order valence-corrected chi connectivity index (χ0v) is 10.8. The lowest BCUT2D eigenvalue weighted by Crippen LogP contribution is -2.34. The fourth-order valence-electron chi connectivity index (χ4n) is 1.64. The maximum absolute atomic E-state index is 13.7. The van der Waals surface area contributed by atoms with Gasteiger partial charge in [0.25, 0.3) is 5.56 Å². The van der Waals surface area contributed by atoms with Crippen LogP contribution in [0.3, 0.4) is 0 Å². The number of aliphatic hydroxyl groups excluding tert-OH is 1. The lowest BCUT2D eigenvalue weighted by atomic mass is 10.1. The van der Waals surface area contributed by atoms with Crippen molar-refractivity contribution < 1.29 is 14.2 Å². The smallest absolute Gasteiger partial charge is 0.330 e. The zero-order chi connectivity index (χ0) is 12.6. The third-order valence-electron chi connectivity index (χ3n) is 2.59. The fourth-order valence-corrected chi connectivity index (χ4v) is 2.07. The van der Waals surface area contributed by atoms with E-state index in [1.54, 1.807) is 22.6 Å². The number of ether oxygens (including phenoxy) is 1. The van der Waals surface area contributed by atoms with E-state index in [2.05, 4.69) is 4.98 Å². The van der Waals surface area contributed by atoms with Crippen LogP contribution in [0.4, 0.5) is 4.39 Å².